The van der Waals surface area contributed by atoms with E-state index in [9.17, 15) is 0 Å². The maximum Gasteiger partial charge on any atom is 0.164 e. The molecule has 9 aromatic carbocycles. The highest BCUT2D eigenvalue weighted by molar-refractivity contribution is 6.19. The molecule has 4 aromatic heterocycles. The Morgan fingerprint density at radius 3 is 1.41 bits per heavy atom. The zero-order valence-electron chi connectivity index (χ0n) is 33.9. The predicted molar refractivity (Wildman–Crippen MR) is 258 cm³/mol. The van der Waals surface area contributed by atoms with Gasteiger partial charge in [0.25, 0.3) is 0 Å². The van der Waals surface area contributed by atoms with Gasteiger partial charge in [-0.1, -0.05) is 146 Å². The van der Waals surface area contributed by atoms with Crippen molar-refractivity contribution >= 4 is 65.6 Å². The second-order valence-electron chi connectivity index (χ2n) is 16.0. The Hall–Kier alpha value is -8.61. The molecule has 0 aliphatic rings. The van der Waals surface area contributed by atoms with Gasteiger partial charge in [-0.2, -0.15) is 0 Å². The van der Waals surface area contributed by atoms with Crippen LogP contribution in [0.2, 0.25) is 0 Å². The highest BCUT2D eigenvalue weighted by Gasteiger charge is 2.20. The van der Waals surface area contributed by atoms with Crippen LogP contribution in [0.1, 0.15) is 0 Å². The summed E-state index contributed by atoms with van der Waals surface area (Å²) in [7, 11) is 0. The summed E-state index contributed by atoms with van der Waals surface area (Å²) in [6.45, 7) is 0. The minimum atomic E-state index is 0.573. The second-order valence-corrected chi connectivity index (χ2v) is 16.0. The molecule has 0 N–H and O–H groups in total. The molecule has 13 aromatic rings. The van der Waals surface area contributed by atoms with Crippen LogP contribution < -0.4 is 0 Å². The molecular weight excluding hydrogens is 771 g/mol. The molecule has 6 heteroatoms. The smallest absolute Gasteiger partial charge is 0.164 e. The van der Waals surface area contributed by atoms with Crippen molar-refractivity contribution < 1.29 is 4.42 Å². The molecule has 0 fully saturated rings. The van der Waals surface area contributed by atoms with Crippen molar-refractivity contribution in [2.45, 2.75) is 0 Å². The van der Waals surface area contributed by atoms with E-state index in [0.717, 1.165) is 72.2 Å². The van der Waals surface area contributed by atoms with Crippen LogP contribution in [0.15, 0.2) is 217 Å². The number of aromatic nitrogens is 5. The Kier molecular flexibility index (Phi) is 7.80. The molecule has 0 bridgehead atoms. The van der Waals surface area contributed by atoms with Gasteiger partial charge in [0.05, 0.1) is 22.1 Å². The van der Waals surface area contributed by atoms with Gasteiger partial charge < -0.3 is 13.6 Å². The largest absolute Gasteiger partial charge is 0.456 e. The third kappa shape index (κ3) is 5.69. The van der Waals surface area contributed by atoms with Gasteiger partial charge in [-0.25, -0.2) is 15.0 Å². The van der Waals surface area contributed by atoms with Gasteiger partial charge in [-0.15, -0.1) is 0 Å². The fourth-order valence-electron chi connectivity index (χ4n) is 9.42. The zero-order chi connectivity index (χ0) is 41.4. The number of para-hydroxylation sites is 4. The number of nitrogens with zero attached hydrogens (tertiary/aromatic N) is 5. The summed E-state index contributed by atoms with van der Waals surface area (Å²) in [5.41, 5.74) is 13.3. The monoisotopic (exact) mass is 805 g/mol. The average Bonchev–Trinajstić information content (AvgIpc) is 4.01. The molecule has 0 atom stereocenters. The quantitative estimate of drug-likeness (QED) is 0.168. The minimum absolute atomic E-state index is 0.573. The summed E-state index contributed by atoms with van der Waals surface area (Å²) in [6, 6.07) is 74.5. The van der Waals surface area contributed by atoms with Gasteiger partial charge in [0.1, 0.15) is 11.2 Å². The van der Waals surface area contributed by atoms with Crippen molar-refractivity contribution in [2.75, 3.05) is 0 Å². The van der Waals surface area contributed by atoms with E-state index >= 15 is 0 Å². The molecule has 0 aliphatic carbocycles. The van der Waals surface area contributed by atoms with Crippen LogP contribution >= 0.6 is 0 Å². The van der Waals surface area contributed by atoms with Crippen molar-refractivity contribution in [3.8, 4) is 56.7 Å². The fourth-order valence-corrected chi connectivity index (χ4v) is 9.42. The SMILES string of the molecule is c1ccc(-c2ccc(-c3nc(-c4cccc(-n5c6ccccc6c6cc7c(cc65)c5ccccc5n7-c5ccccc5)c4)nc(-c4ccc5c(c4)oc4ccccc45)n3)cc2)cc1. The maximum absolute atomic E-state index is 6.33. The van der Waals surface area contributed by atoms with Crippen molar-refractivity contribution in [2.24, 2.45) is 0 Å². The number of rotatable bonds is 6. The van der Waals surface area contributed by atoms with E-state index in [2.05, 4.69) is 191 Å². The van der Waals surface area contributed by atoms with Crippen LogP contribution in [0.4, 0.5) is 0 Å². The van der Waals surface area contributed by atoms with Crippen LogP contribution in [-0.2, 0) is 0 Å². The van der Waals surface area contributed by atoms with E-state index in [4.69, 9.17) is 19.4 Å². The Morgan fingerprint density at radius 2 is 0.730 bits per heavy atom. The summed E-state index contributed by atoms with van der Waals surface area (Å²) in [5, 5.41) is 6.93. The lowest BCUT2D eigenvalue weighted by Gasteiger charge is -2.12. The van der Waals surface area contributed by atoms with Crippen molar-refractivity contribution in [3.05, 3.63) is 212 Å². The Morgan fingerprint density at radius 1 is 0.270 bits per heavy atom. The fraction of sp³-hybridized carbons (Fsp3) is 0. The third-order valence-electron chi connectivity index (χ3n) is 12.4. The van der Waals surface area contributed by atoms with Crippen LogP contribution in [0.3, 0.4) is 0 Å². The predicted octanol–water partition coefficient (Wildman–Crippen LogP) is 14.6. The van der Waals surface area contributed by atoms with Crippen molar-refractivity contribution in [1.29, 1.82) is 0 Å². The van der Waals surface area contributed by atoms with Crippen molar-refractivity contribution in [3.63, 3.8) is 0 Å². The first kappa shape index (κ1) is 35.2. The van der Waals surface area contributed by atoms with E-state index in [0.29, 0.717) is 17.5 Å². The summed E-state index contributed by atoms with van der Waals surface area (Å²) in [4.78, 5) is 15.5. The lowest BCUT2D eigenvalue weighted by molar-refractivity contribution is 0.669. The van der Waals surface area contributed by atoms with Gasteiger partial charge in [-0.3, -0.25) is 0 Å². The summed E-state index contributed by atoms with van der Waals surface area (Å²) in [6.07, 6.45) is 0. The third-order valence-corrected chi connectivity index (χ3v) is 12.4. The standard InChI is InChI=1S/C57H35N5O/c1-3-14-36(15-4-1)37-26-28-38(29-27-37)55-58-56(60-57(59-55)40-30-31-46-45-22-9-12-25-53(45)63-54(46)33-40)39-16-13-19-42(32-39)62-50-24-11-8-21-44(50)48-34-51-47(35-52(48)62)43-20-7-10-23-49(43)61(51)41-17-5-2-6-18-41/h1-35H. The van der Waals surface area contributed by atoms with Crippen molar-refractivity contribution in [1.82, 2.24) is 24.1 Å². The first-order valence-electron chi connectivity index (χ1n) is 21.2. The molecule has 6 nitrogen and oxygen atoms in total. The summed E-state index contributed by atoms with van der Waals surface area (Å²) in [5.74, 6) is 1.76. The molecular formula is C57H35N5O. The highest BCUT2D eigenvalue weighted by atomic mass is 16.3. The van der Waals surface area contributed by atoms with Gasteiger partial charge in [0.15, 0.2) is 17.5 Å². The van der Waals surface area contributed by atoms with Crippen LogP contribution in [0.25, 0.3) is 122 Å². The number of fused-ring (bicyclic) bond motifs is 9. The van der Waals surface area contributed by atoms with Gasteiger partial charge >= 0.3 is 0 Å². The van der Waals surface area contributed by atoms with E-state index in [1.807, 2.05) is 30.3 Å². The number of hydrogen-bond acceptors (Lipinski definition) is 4. The lowest BCUT2D eigenvalue weighted by atomic mass is 10.0. The number of benzene rings is 9. The Bertz CT molecular complexity index is 3900. The van der Waals surface area contributed by atoms with E-state index < -0.39 is 0 Å². The average molecular weight is 806 g/mol. The number of hydrogen-bond donors (Lipinski definition) is 0. The summed E-state index contributed by atoms with van der Waals surface area (Å²) < 4.78 is 11.1. The number of furan rings is 1. The zero-order valence-corrected chi connectivity index (χ0v) is 33.9. The van der Waals surface area contributed by atoms with Crippen LogP contribution in [0.5, 0.6) is 0 Å². The molecule has 0 saturated carbocycles. The Balaban J connectivity index is 0.997. The summed E-state index contributed by atoms with van der Waals surface area (Å²) >= 11 is 0. The molecule has 0 amide bonds. The molecule has 0 radical (unpaired) electrons. The first-order valence-corrected chi connectivity index (χ1v) is 21.2. The van der Waals surface area contributed by atoms with Crippen LogP contribution in [-0.4, -0.2) is 24.1 Å². The van der Waals surface area contributed by atoms with Gasteiger partial charge in [0.2, 0.25) is 0 Å². The molecule has 0 unspecified atom stereocenters. The molecule has 4 heterocycles. The second kappa shape index (κ2) is 14.0. The molecule has 0 spiro atoms. The molecule has 13 rings (SSSR count). The van der Waals surface area contributed by atoms with E-state index in [-0.39, 0.29) is 0 Å². The minimum Gasteiger partial charge on any atom is -0.456 e. The topological polar surface area (TPSA) is 61.7 Å². The lowest BCUT2D eigenvalue weighted by Crippen LogP contribution is -2.01. The first-order chi connectivity index (χ1) is 31.2. The van der Waals surface area contributed by atoms with E-state index in [1.165, 1.54) is 32.6 Å². The molecule has 0 aliphatic heterocycles. The molecule has 294 valence electrons. The Labute approximate surface area is 361 Å². The van der Waals surface area contributed by atoms with Gasteiger partial charge in [-0.05, 0) is 77.9 Å². The van der Waals surface area contributed by atoms with Gasteiger partial charge in [0, 0.05) is 60.4 Å². The van der Waals surface area contributed by atoms with E-state index in [1.54, 1.807) is 0 Å². The van der Waals surface area contributed by atoms with Crippen LogP contribution in [0, 0.1) is 0 Å². The molecule has 0 saturated heterocycles. The normalized spacial score (nSPS) is 11.8. The highest BCUT2D eigenvalue weighted by Crippen LogP contribution is 2.40. The maximum atomic E-state index is 6.33. The molecule has 63 heavy (non-hydrogen) atoms.